The Balaban J connectivity index is 2.14. The molecule has 1 fully saturated rings. The summed E-state index contributed by atoms with van der Waals surface area (Å²) in [4.78, 5) is 24.7. The van der Waals surface area contributed by atoms with Gasteiger partial charge >= 0.3 is 5.97 Å². The van der Waals surface area contributed by atoms with Gasteiger partial charge in [0.15, 0.2) is 6.04 Å². The molecule has 1 aromatic rings. The van der Waals surface area contributed by atoms with Crippen LogP contribution >= 0.6 is 11.6 Å². The Hall–Kier alpha value is -1.60. The lowest BCUT2D eigenvalue weighted by atomic mass is 10.2. The first-order chi connectivity index (χ1) is 9.41. The number of carbonyl (C=O) groups is 2. The van der Waals surface area contributed by atoms with Gasteiger partial charge < -0.3 is 14.7 Å². The van der Waals surface area contributed by atoms with E-state index in [0.29, 0.717) is 23.0 Å². The average molecular weight is 302 g/mol. The first-order valence-corrected chi connectivity index (χ1v) is 6.59. The van der Waals surface area contributed by atoms with Crippen LogP contribution in [0.15, 0.2) is 0 Å². The molecule has 1 N–H and O–H groups in total. The van der Waals surface area contributed by atoms with Crippen molar-refractivity contribution < 1.29 is 19.4 Å². The lowest BCUT2D eigenvalue weighted by Gasteiger charge is -2.32. The number of amides is 1. The maximum Gasteiger partial charge on any atom is 0.328 e. The summed E-state index contributed by atoms with van der Waals surface area (Å²) in [7, 11) is 0. The van der Waals surface area contributed by atoms with Gasteiger partial charge in [0, 0.05) is 6.54 Å². The first kappa shape index (κ1) is 14.8. The molecular formula is C12H16ClN3O4. The number of halogens is 1. The molecule has 0 unspecified atom stereocenters. The van der Waals surface area contributed by atoms with Crippen LogP contribution in [0.2, 0.25) is 5.02 Å². The van der Waals surface area contributed by atoms with Crippen molar-refractivity contribution in [3.63, 3.8) is 0 Å². The van der Waals surface area contributed by atoms with Gasteiger partial charge in [0.05, 0.1) is 29.6 Å². The fourth-order valence-electron chi connectivity index (χ4n) is 2.15. The lowest BCUT2D eigenvalue weighted by Crippen LogP contribution is -2.53. The van der Waals surface area contributed by atoms with E-state index in [9.17, 15) is 9.59 Å². The second kappa shape index (κ2) is 5.80. The largest absolute Gasteiger partial charge is 0.480 e. The van der Waals surface area contributed by atoms with Gasteiger partial charge in [0.2, 0.25) is 5.91 Å². The van der Waals surface area contributed by atoms with Crippen molar-refractivity contribution in [2.75, 3.05) is 19.8 Å². The maximum atomic E-state index is 12.3. The van der Waals surface area contributed by atoms with Crippen molar-refractivity contribution >= 4 is 23.5 Å². The summed E-state index contributed by atoms with van der Waals surface area (Å²) in [6, 6.07) is -0.941. The molecule has 1 aliphatic heterocycles. The molecular weight excluding hydrogens is 286 g/mol. The minimum absolute atomic E-state index is 0.0128. The predicted octanol–water partition coefficient (Wildman–Crippen LogP) is 0.465. The SMILES string of the molecule is Cc1nn(CC(=O)N2CCOC[C@H]2C(=O)O)c(C)c1Cl. The van der Waals surface area contributed by atoms with Gasteiger partial charge in [-0.1, -0.05) is 11.6 Å². The zero-order valence-electron chi connectivity index (χ0n) is 11.3. The number of aromatic nitrogens is 2. The van der Waals surface area contributed by atoms with Crippen LogP contribution in [0.3, 0.4) is 0 Å². The number of hydrogen-bond donors (Lipinski definition) is 1. The summed E-state index contributed by atoms with van der Waals surface area (Å²) in [6.45, 7) is 4.12. The van der Waals surface area contributed by atoms with Crippen LogP contribution < -0.4 is 0 Å². The van der Waals surface area contributed by atoms with Crippen molar-refractivity contribution in [3.05, 3.63) is 16.4 Å². The number of hydrogen-bond acceptors (Lipinski definition) is 4. The Bertz CT molecular complexity index is 543. The zero-order valence-corrected chi connectivity index (χ0v) is 12.1. The molecule has 1 saturated heterocycles. The second-order valence-corrected chi connectivity index (χ2v) is 5.04. The second-order valence-electron chi connectivity index (χ2n) is 4.66. The van der Waals surface area contributed by atoms with E-state index in [4.69, 9.17) is 21.4 Å². The van der Waals surface area contributed by atoms with Crippen LogP contribution in [-0.2, 0) is 20.9 Å². The fourth-order valence-corrected chi connectivity index (χ4v) is 2.29. The molecule has 7 nitrogen and oxygen atoms in total. The molecule has 8 heteroatoms. The third kappa shape index (κ3) is 2.78. The topological polar surface area (TPSA) is 84.7 Å². The zero-order chi connectivity index (χ0) is 14.9. The number of carboxylic acid groups (broad SMARTS) is 1. The minimum Gasteiger partial charge on any atom is -0.480 e. The molecule has 1 aliphatic rings. The minimum atomic E-state index is -1.07. The summed E-state index contributed by atoms with van der Waals surface area (Å²) in [5.74, 6) is -1.37. The summed E-state index contributed by atoms with van der Waals surface area (Å²) in [5, 5.41) is 13.8. The monoisotopic (exact) mass is 301 g/mol. The quantitative estimate of drug-likeness (QED) is 0.877. The van der Waals surface area contributed by atoms with Crippen LogP contribution in [-0.4, -0.2) is 57.5 Å². The van der Waals surface area contributed by atoms with Crippen LogP contribution in [0.25, 0.3) is 0 Å². The molecule has 1 aromatic heterocycles. The summed E-state index contributed by atoms with van der Waals surface area (Å²) in [6.07, 6.45) is 0. The van der Waals surface area contributed by atoms with Gasteiger partial charge in [-0.2, -0.15) is 5.10 Å². The van der Waals surface area contributed by atoms with Gasteiger partial charge in [-0.05, 0) is 13.8 Å². The van der Waals surface area contributed by atoms with Crippen molar-refractivity contribution in [1.29, 1.82) is 0 Å². The average Bonchev–Trinajstić information content (AvgIpc) is 2.66. The molecule has 20 heavy (non-hydrogen) atoms. The third-order valence-electron chi connectivity index (χ3n) is 3.31. The molecule has 0 saturated carbocycles. The molecule has 0 aromatic carbocycles. The van der Waals surface area contributed by atoms with Gasteiger partial charge in [0.25, 0.3) is 0 Å². The van der Waals surface area contributed by atoms with E-state index in [1.807, 2.05) is 0 Å². The molecule has 1 amide bonds. The molecule has 0 radical (unpaired) electrons. The Morgan fingerprint density at radius 3 is 2.75 bits per heavy atom. The van der Waals surface area contributed by atoms with Crippen molar-refractivity contribution in [1.82, 2.24) is 14.7 Å². The van der Waals surface area contributed by atoms with Gasteiger partial charge in [-0.15, -0.1) is 0 Å². The molecule has 0 aliphatic carbocycles. The Morgan fingerprint density at radius 2 is 2.20 bits per heavy atom. The summed E-state index contributed by atoms with van der Waals surface area (Å²) >= 11 is 6.02. The van der Waals surface area contributed by atoms with Crippen molar-refractivity contribution in [2.45, 2.75) is 26.4 Å². The van der Waals surface area contributed by atoms with E-state index in [1.165, 1.54) is 9.58 Å². The molecule has 0 spiro atoms. The number of aliphatic carboxylic acids is 1. The molecule has 1 atom stereocenters. The highest BCUT2D eigenvalue weighted by Crippen LogP contribution is 2.19. The summed E-state index contributed by atoms with van der Waals surface area (Å²) in [5.41, 5.74) is 1.34. The number of morpholine rings is 1. The maximum absolute atomic E-state index is 12.3. The number of ether oxygens (including phenoxy) is 1. The van der Waals surface area contributed by atoms with Crippen molar-refractivity contribution in [3.8, 4) is 0 Å². The molecule has 2 heterocycles. The van der Waals surface area contributed by atoms with Crippen LogP contribution in [0, 0.1) is 13.8 Å². The molecule has 110 valence electrons. The Labute approximate surface area is 121 Å². The standard InChI is InChI=1S/C12H16ClN3O4/c1-7-11(13)8(2)16(14-7)5-10(17)15-3-4-20-6-9(15)12(18)19/h9H,3-6H2,1-2H3,(H,18,19)/t9-/m0/s1. The van der Waals surface area contributed by atoms with E-state index < -0.39 is 12.0 Å². The van der Waals surface area contributed by atoms with E-state index in [-0.39, 0.29) is 25.6 Å². The molecule has 0 bridgehead atoms. The Morgan fingerprint density at radius 1 is 1.50 bits per heavy atom. The number of carboxylic acids is 1. The third-order valence-corrected chi connectivity index (χ3v) is 3.86. The summed E-state index contributed by atoms with van der Waals surface area (Å²) < 4.78 is 6.60. The Kier molecular flexibility index (Phi) is 4.29. The van der Waals surface area contributed by atoms with E-state index in [2.05, 4.69) is 5.10 Å². The highest BCUT2D eigenvalue weighted by Gasteiger charge is 2.33. The van der Waals surface area contributed by atoms with Gasteiger partial charge in [-0.25, -0.2) is 4.79 Å². The number of carbonyl (C=O) groups excluding carboxylic acids is 1. The number of nitrogens with zero attached hydrogens (tertiary/aromatic N) is 3. The van der Waals surface area contributed by atoms with Gasteiger partial charge in [0.1, 0.15) is 6.54 Å². The van der Waals surface area contributed by atoms with Crippen LogP contribution in [0.5, 0.6) is 0 Å². The van der Waals surface area contributed by atoms with Crippen LogP contribution in [0.1, 0.15) is 11.4 Å². The normalized spacial score (nSPS) is 19.1. The number of aryl methyl sites for hydroxylation is 1. The smallest absolute Gasteiger partial charge is 0.328 e. The fraction of sp³-hybridized carbons (Fsp3) is 0.583. The highest BCUT2D eigenvalue weighted by atomic mass is 35.5. The first-order valence-electron chi connectivity index (χ1n) is 6.21. The van der Waals surface area contributed by atoms with E-state index >= 15 is 0 Å². The van der Waals surface area contributed by atoms with E-state index in [1.54, 1.807) is 13.8 Å². The van der Waals surface area contributed by atoms with Gasteiger partial charge in [-0.3, -0.25) is 9.48 Å². The van der Waals surface area contributed by atoms with Crippen LogP contribution in [0.4, 0.5) is 0 Å². The number of rotatable bonds is 3. The highest BCUT2D eigenvalue weighted by molar-refractivity contribution is 6.31. The van der Waals surface area contributed by atoms with E-state index in [0.717, 1.165) is 0 Å². The van der Waals surface area contributed by atoms with Crippen molar-refractivity contribution in [2.24, 2.45) is 0 Å². The molecule has 2 rings (SSSR count). The predicted molar refractivity (Wildman–Crippen MR) is 70.7 cm³/mol. The lowest BCUT2D eigenvalue weighted by molar-refractivity contribution is -0.158.